The first kappa shape index (κ1) is 14.0. The van der Waals surface area contributed by atoms with Gasteiger partial charge in [0.25, 0.3) is 0 Å². The van der Waals surface area contributed by atoms with Crippen LogP contribution in [0.2, 0.25) is 0 Å². The molecule has 0 bridgehead atoms. The highest BCUT2D eigenvalue weighted by Gasteiger charge is 2.21. The molecule has 1 saturated heterocycles. The summed E-state index contributed by atoms with van der Waals surface area (Å²) in [5.41, 5.74) is 0. The highest BCUT2D eigenvalue weighted by Crippen LogP contribution is 2.14. The molecule has 1 aliphatic heterocycles. The van der Waals surface area contributed by atoms with Gasteiger partial charge in [0.1, 0.15) is 0 Å². The molecule has 106 valence electrons. The second-order valence-electron chi connectivity index (χ2n) is 5.17. The van der Waals surface area contributed by atoms with E-state index in [4.69, 9.17) is 4.42 Å². The van der Waals surface area contributed by atoms with Gasteiger partial charge in [0.2, 0.25) is 11.8 Å². The van der Waals surface area contributed by atoms with Crippen molar-refractivity contribution in [3.63, 3.8) is 0 Å². The van der Waals surface area contributed by atoms with Gasteiger partial charge < -0.3 is 9.73 Å². The zero-order valence-electron chi connectivity index (χ0n) is 11.6. The minimum absolute atomic E-state index is 0.118. The van der Waals surface area contributed by atoms with E-state index >= 15 is 0 Å². The van der Waals surface area contributed by atoms with E-state index < -0.39 is 0 Å². The second kappa shape index (κ2) is 6.12. The number of hydrogen-bond acceptors (Lipinski definition) is 6. The quantitative estimate of drug-likeness (QED) is 0.823. The molecule has 2 heterocycles. The summed E-state index contributed by atoms with van der Waals surface area (Å²) in [6.07, 6.45) is 0. The lowest BCUT2D eigenvalue weighted by Crippen LogP contribution is -2.52. The largest absolute Gasteiger partial charge is 0.408 e. The standard InChI is InChI=1S/C12H21N5O2/c1-8(2)11-15-16-12(19-11)14-10(18)7-17-5-4-13-6-9(17)3/h8-9,13H,4-7H2,1-3H3,(H,14,16,18)/t9-/m0/s1. The van der Waals surface area contributed by atoms with Crippen molar-refractivity contribution >= 4 is 11.9 Å². The fourth-order valence-electron chi connectivity index (χ4n) is 1.98. The number of nitrogens with zero attached hydrogens (tertiary/aromatic N) is 3. The summed E-state index contributed by atoms with van der Waals surface area (Å²) < 4.78 is 5.35. The van der Waals surface area contributed by atoms with E-state index in [1.807, 2.05) is 13.8 Å². The predicted octanol–water partition coefficient (Wildman–Crippen LogP) is 0.425. The second-order valence-corrected chi connectivity index (χ2v) is 5.17. The third kappa shape index (κ3) is 3.74. The number of amides is 1. The van der Waals surface area contributed by atoms with Crippen LogP contribution in [0, 0.1) is 0 Å². The van der Waals surface area contributed by atoms with Crippen LogP contribution in [0.15, 0.2) is 4.42 Å². The van der Waals surface area contributed by atoms with E-state index in [1.165, 1.54) is 0 Å². The van der Waals surface area contributed by atoms with Gasteiger partial charge in [-0.2, -0.15) is 0 Å². The average molecular weight is 267 g/mol. The van der Waals surface area contributed by atoms with E-state index in [-0.39, 0.29) is 17.8 Å². The summed E-state index contributed by atoms with van der Waals surface area (Å²) in [7, 11) is 0. The zero-order valence-corrected chi connectivity index (χ0v) is 11.6. The summed E-state index contributed by atoms with van der Waals surface area (Å²) in [4.78, 5) is 14.0. The molecule has 1 aromatic heterocycles. The normalized spacial score (nSPS) is 20.7. The first-order valence-corrected chi connectivity index (χ1v) is 6.64. The van der Waals surface area contributed by atoms with E-state index in [0.29, 0.717) is 18.5 Å². The van der Waals surface area contributed by atoms with Gasteiger partial charge in [-0.3, -0.25) is 15.0 Å². The van der Waals surface area contributed by atoms with Crippen LogP contribution in [-0.2, 0) is 4.79 Å². The van der Waals surface area contributed by atoms with Gasteiger partial charge in [-0.25, -0.2) is 0 Å². The topological polar surface area (TPSA) is 83.3 Å². The summed E-state index contributed by atoms with van der Waals surface area (Å²) >= 11 is 0. The van der Waals surface area contributed by atoms with Crippen molar-refractivity contribution in [2.45, 2.75) is 32.7 Å². The number of nitrogens with one attached hydrogen (secondary N) is 2. The summed E-state index contributed by atoms with van der Waals surface area (Å²) in [6, 6.07) is 0.532. The number of carbonyl (C=O) groups excluding carboxylic acids is 1. The van der Waals surface area contributed by atoms with E-state index in [0.717, 1.165) is 19.6 Å². The molecule has 1 aromatic rings. The van der Waals surface area contributed by atoms with Crippen molar-refractivity contribution in [2.24, 2.45) is 0 Å². The molecule has 1 amide bonds. The van der Waals surface area contributed by atoms with Crippen LogP contribution in [0.25, 0.3) is 0 Å². The lowest BCUT2D eigenvalue weighted by molar-refractivity contribution is -0.118. The van der Waals surface area contributed by atoms with E-state index in [2.05, 4.69) is 32.7 Å². The summed E-state index contributed by atoms with van der Waals surface area (Å²) in [6.45, 7) is 9.06. The Morgan fingerprint density at radius 2 is 2.37 bits per heavy atom. The van der Waals surface area contributed by atoms with Crippen LogP contribution < -0.4 is 10.6 Å². The van der Waals surface area contributed by atoms with Crippen LogP contribution in [0.3, 0.4) is 0 Å². The molecule has 2 rings (SSSR count). The Morgan fingerprint density at radius 3 is 3.00 bits per heavy atom. The zero-order chi connectivity index (χ0) is 13.8. The van der Waals surface area contributed by atoms with Crippen LogP contribution in [0.1, 0.15) is 32.6 Å². The predicted molar refractivity (Wildman–Crippen MR) is 70.9 cm³/mol. The van der Waals surface area contributed by atoms with Crippen molar-refractivity contribution in [2.75, 3.05) is 31.5 Å². The minimum Gasteiger partial charge on any atom is -0.408 e. The van der Waals surface area contributed by atoms with Crippen LogP contribution >= 0.6 is 0 Å². The maximum absolute atomic E-state index is 11.9. The Labute approximate surface area is 112 Å². The molecule has 19 heavy (non-hydrogen) atoms. The molecule has 1 fully saturated rings. The molecule has 2 N–H and O–H groups in total. The van der Waals surface area contributed by atoms with Crippen molar-refractivity contribution in [1.29, 1.82) is 0 Å². The molecule has 0 unspecified atom stereocenters. The molecular formula is C12H21N5O2. The maximum atomic E-state index is 11.9. The first-order chi connectivity index (χ1) is 9.06. The molecule has 0 radical (unpaired) electrons. The smallest absolute Gasteiger partial charge is 0.322 e. The Hall–Kier alpha value is -1.47. The molecule has 1 atom stereocenters. The molecule has 7 nitrogen and oxygen atoms in total. The number of aromatic nitrogens is 2. The fourth-order valence-corrected chi connectivity index (χ4v) is 1.98. The molecule has 0 saturated carbocycles. The van der Waals surface area contributed by atoms with Gasteiger partial charge in [-0.1, -0.05) is 18.9 Å². The highest BCUT2D eigenvalue weighted by molar-refractivity contribution is 5.90. The number of piperazine rings is 1. The fraction of sp³-hybridized carbons (Fsp3) is 0.750. The Kier molecular flexibility index (Phi) is 4.49. The van der Waals surface area contributed by atoms with E-state index in [9.17, 15) is 4.79 Å². The number of anilines is 1. The van der Waals surface area contributed by atoms with Gasteiger partial charge in [0, 0.05) is 31.6 Å². The third-order valence-corrected chi connectivity index (χ3v) is 3.17. The van der Waals surface area contributed by atoms with E-state index in [1.54, 1.807) is 0 Å². The van der Waals surface area contributed by atoms with Crippen molar-refractivity contribution in [3.8, 4) is 0 Å². The van der Waals surface area contributed by atoms with Gasteiger partial charge >= 0.3 is 6.01 Å². The third-order valence-electron chi connectivity index (χ3n) is 3.17. The van der Waals surface area contributed by atoms with Crippen LogP contribution in [-0.4, -0.2) is 53.2 Å². The van der Waals surface area contributed by atoms with Gasteiger partial charge in [-0.05, 0) is 6.92 Å². The molecule has 0 spiro atoms. The molecular weight excluding hydrogens is 246 g/mol. The first-order valence-electron chi connectivity index (χ1n) is 6.64. The molecule has 1 aliphatic rings. The lowest BCUT2D eigenvalue weighted by Gasteiger charge is -2.32. The van der Waals surface area contributed by atoms with Gasteiger partial charge in [0.15, 0.2) is 0 Å². The van der Waals surface area contributed by atoms with Crippen molar-refractivity contribution < 1.29 is 9.21 Å². The molecule has 0 aliphatic carbocycles. The maximum Gasteiger partial charge on any atom is 0.322 e. The van der Waals surface area contributed by atoms with Gasteiger partial charge in [-0.15, -0.1) is 5.10 Å². The number of rotatable bonds is 4. The molecule has 0 aromatic carbocycles. The Balaban J connectivity index is 1.86. The van der Waals surface area contributed by atoms with Gasteiger partial charge in [0.05, 0.1) is 6.54 Å². The molecule has 7 heteroatoms. The van der Waals surface area contributed by atoms with Crippen LogP contribution in [0.5, 0.6) is 0 Å². The SMILES string of the molecule is CC(C)c1nnc(NC(=O)CN2CCNC[C@@H]2C)o1. The lowest BCUT2D eigenvalue weighted by atomic mass is 10.2. The Bertz CT molecular complexity index is 432. The van der Waals surface area contributed by atoms with Crippen molar-refractivity contribution in [1.82, 2.24) is 20.4 Å². The Morgan fingerprint density at radius 1 is 1.58 bits per heavy atom. The summed E-state index contributed by atoms with van der Waals surface area (Å²) in [5.74, 6) is 0.574. The summed E-state index contributed by atoms with van der Waals surface area (Å²) in [5, 5.41) is 13.6. The minimum atomic E-state index is -0.118. The number of hydrogen-bond donors (Lipinski definition) is 2. The highest BCUT2D eigenvalue weighted by atomic mass is 16.4. The van der Waals surface area contributed by atoms with Crippen molar-refractivity contribution in [3.05, 3.63) is 5.89 Å². The average Bonchev–Trinajstić information content (AvgIpc) is 2.80. The monoisotopic (exact) mass is 267 g/mol. The number of carbonyl (C=O) groups is 1. The van der Waals surface area contributed by atoms with Crippen LogP contribution in [0.4, 0.5) is 6.01 Å².